The van der Waals surface area contributed by atoms with Crippen molar-refractivity contribution in [1.29, 1.82) is 0 Å². The second kappa shape index (κ2) is 10.9. The monoisotopic (exact) mass is 564 g/mol. The molecule has 0 fully saturated rings. The van der Waals surface area contributed by atoms with Crippen molar-refractivity contribution in [3.8, 4) is 56.8 Å². The summed E-state index contributed by atoms with van der Waals surface area (Å²) in [6.45, 7) is 0. The molecule has 0 radical (unpaired) electrons. The fraction of sp³-hybridized carbons (Fsp3) is 0. The summed E-state index contributed by atoms with van der Waals surface area (Å²) in [5, 5.41) is 3.38. The van der Waals surface area contributed by atoms with Gasteiger partial charge in [0.05, 0.1) is 16.9 Å². The molecule has 4 heterocycles. The summed E-state index contributed by atoms with van der Waals surface area (Å²) in [7, 11) is 0. The molecule has 6 nitrogen and oxygen atoms in total. The molecule has 0 unspecified atom stereocenters. The highest BCUT2D eigenvalue weighted by molar-refractivity contribution is 6.10. The van der Waals surface area contributed by atoms with Crippen molar-refractivity contribution in [2.24, 2.45) is 0 Å². The lowest BCUT2D eigenvalue weighted by Crippen LogP contribution is -2.01. The Morgan fingerprint density at radius 3 is 1.66 bits per heavy atom. The summed E-state index contributed by atoms with van der Waals surface area (Å²) in [5.41, 5.74) is 7.06. The standard InChI is InChI=1S/C38H24N6/c1-3-11-25(12-4-1)36-42-37(26-13-5-2-6-14-26)44-38(43-36)34-23-27(21-22-39-34)28-19-20-33(40-24-28)35-31-17-8-7-15-29(31)30-16-9-10-18-32(30)41-35/h1-24H. The van der Waals surface area contributed by atoms with Crippen LogP contribution in [-0.2, 0) is 0 Å². The third-order valence-corrected chi connectivity index (χ3v) is 7.64. The van der Waals surface area contributed by atoms with Crippen LogP contribution in [0.25, 0.3) is 78.5 Å². The van der Waals surface area contributed by atoms with E-state index in [4.69, 9.17) is 24.9 Å². The number of nitrogens with zero attached hydrogens (tertiary/aromatic N) is 6. The van der Waals surface area contributed by atoms with Crippen LogP contribution in [0.1, 0.15) is 0 Å². The molecule has 8 aromatic rings. The van der Waals surface area contributed by atoms with Gasteiger partial charge in [-0.05, 0) is 35.2 Å². The average molecular weight is 565 g/mol. The quantitative estimate of drug-likeness (QED) is 0.195. The van der Waals surface area contributed by atoms with E-state index in [1.807, 2.05) is 109 Å². The van der Waals surface area contributed by atoms with Gasteiger partial charge in [0.25, 0.3) is 0 Å². The molecule has 44 heavy (non-hydrogen) atoms. The maximum Gasteiger partial charge on any atom is 0.182 e. The first kappa shape index (κ1) is 25.6. The number of para-hydroxylation sites is 1. The Bertz CT molecular complexity index is 2210. The Kier molecular flexibility index (Phi) is 6.35. The molecule has 0 aliphatic carbocycles. The molecule has 0 atom stereocenters. The number of hydrogen-bond donors (Lipinski definition) is 0. The zero-order valence-electron chi connectivity index (χ0n) is 23.5. The van der Waals surface area contributed by atoms with Gasteiger partial charge in [0.1, 0.15) is 5.69 Å². The van der Waals surface area contributed by atoms with Crippen LogP contribution >= 0.6 is 0 Å². The zero-order chi connectivity index (χ0) is 29.3. The maximum absolute atomic E-state index is 5.00. The first-order valence-corrected chi connectivity index (χ1v) is 14.4. The van der Waals surface area contributed by atoms with Crippen LogP contribution in [0.3, 0.4) is 0 Å². The molecule has 206 valence electrons. The van der Waals surface area contributed by atoms with Gasteiger partial charge in [-0.2, -0.15) is 0 Å². The Morgan fingerprint density at radius 2 is 0.977 bits per heavy atom. The van der Waals surface area contributed by atoms with E-state index in [0.717, 1.165) is 49.9 Å². The molecule has 6 heteroatoms. The molecule has 0 saturated carbocycles. The predicted octanol–water partition coefficient (Wildman–Crippen LogP) is 8.70. The third kappa shape index (κ3) is 4.74. The van der Waals surface area contributed by atoms with Gasteiger partial charge in [0, 0.05) is 39.9 Å². The van der Waals surface area contributed by atoms with Crippen molar-refractivity contribution in [3.63, 3.8) is 0 Å². The highest BCUT2D eigenvalue weighted by atomic mass is 15.0. The molecule has 0 N–H and O–H groups in total. The number of hydrogen-bond acceptors (Lipinski definition) is 6. The van der Waals surface area contributed by atoms with E-state index in [1.54, 1.807) is 6.20 Å². The van der Waals surface area contributed by atoms with Gasteiger partial charge < -0.3 is 0 Å². The minimum Gasteiger partial charge on any atom is -0.254 e. The first-order valence-electron chi connectivity index (χ1n) is 14.4. The zero-order valence-corrected chi connectivity index (χ0v) is 23.5. The Balaban J connectivity index is 1.19. The Morgan fingerprint density at radius 1 is 0.364 bits per heavy atom. The fourth-order valence-corrected chi connectivity index (χ4v) is 5.46. The lowest BCUT2D eigenvalue weighted by Gasteiger charge is -2.10. The van der Waals surface area contributed by atoms with Gasteiger partial charge in [-0.1, -0.05) is 109 Å². The third-order valence-electron chi connectivity index (χ3n) is 7.64. The summed E-state index contributed by atoms with van der Waals surface area (Å²) in [5.74, 6) is 1.71. The summed E-state index contributed by atoms with van der Waals surface area (Å²) >= 11 is 0. The van der Waals surface area contributed by atoms with Crippen LogP contribution in [0.5, 0.6) is 0 Å². The van der Waals surface area contributed by atoms with E-state index in [2.05, 4.69) is 35.3 Å². The van der Waals surface area contributed by atoms with Crippen molar-refractivity contribution in [2.45, 2.75) is 0 Å². The van der Waals surface area contributed by atoms with Gasteiger partial charge in [-0.25, -0.2) is 19.9 Å². The number of fused-ring (bicyclic) bond motifs is 3. The largest absolute Gasteiger partial charge is 0.254 e. The number of benzene rings is 4. The van der Waals surface area contributed by atoms with Crippen LogP contribution in [0, 0.1) is 0 Å². The molecular weight excluding hydrogens is 540 g/mol. The number of rotatable bonds is 5. The smallest absolute Gasteiger partial charge is 0.182 e. The minimum absolute atomic E-state index is 0.510. The summed E-state index contributed by atoms with van der Waals surface area (Å²) in [4.78, 5) is 29.0. The molecule has 0 amide bonds. The van der Waals surface area contributed by atoms with Crippen molar-refractivity contribution in [2.75, 3.05) is 0 Å². The molecular formula is C38H24N6. The maximum atomic E-state index is 5.00. The lowest BCUT2D eigenvalue weighted by atomic mass is 10.0. The van der Waals surface area contributed by atoms with E-state index >= 15 is 0 Å². The SMILES string of the molecule is c1ccc(-c2nc(-c3ccccc3)nc(-c3cc(-c4ccc(-c5nc6ccccc6c6ccccc56)nc4)ccn3)n2)cc1. The van der Waals surface area contributed by atoms with Crippen LogP contribution in [0.2, 0.25) is 0 Å². The summed E-state index contributed by atoms with van der Waals surface area (Å²) < 4.78 is 0. The van der Waals surface area contributed by atoms with E-state index in [0.29, 0.717) is 23.2 Å². The normalized spacial score (nSPS) is 11.2. The number of pyridine rings is 3. The molecule has 0 aliphatic rings. The van der Waals surface area contributed by atoms with Gasteiger partial charge in [0.15, 0.2) is 17.5 Å². The van der Waals surface area contributed by atoms with Crippen LogP contribution in [0.15, 0.2) is 146 Å². The Labute approximate surface area is 253 Å². The molecule has 4 aromatic heterocycles. The van der Waals surface area contributed by atoms with Crippen LogP contribution < -0.4 is 0 Å². The average Bonchev–Trinajstić information content (AvgIpc) is 3.12. The van der Waals surface area contributed by atoms with Crippen LogP contribution in [-0.4, -0.2) is 29.9 Å². The predicted molar refractivity (Wildman–Crippen MR) is 175 cm³/mol. The van der Waals surface area contributed by atoms with Crippen LogP contribution in [0.4, 0.5) is 0 Å². The fourth-order valence-electron chi connectivity index (χ4n) is 5.46. The second-order valence-electron chi connectivity index (χ2n) is 10.4. The van der Waals surface area contributed by atoms with Gasteiger partial charge in [-0.15, -0.1) is 0 Å². The second-order valence-corrected chi connectivity index (χ2v) is 10.4. The van der Waals surface area contributed by atoms with Crippen molar-refractivity contribution in [3.05, 3.63) is 146 Å². The number of aromatic nitrogens is 6. The van der Waals surface area contributed by atoms with E-state index in [-0.39, 0.29) is 0 Å². The highest BCUT2D eigenvalue weighted by Gasteiger charge is 2.15. The molecule has 8 rings (SSSR count). The lowest BCUT2D eigenvalue weighted by molar-refractivity contribution is 1.06. The van der Waals surface area contributed by atoms with Gasteiger partial charge >= 0.3 is 0 Å². The van der Waals surface area contributed by atoms with Crippen molar-refractivity contribution < 1.29 is 0 Å². The minimum atomic E-state index is 0.510. The topological polar surface area (TPSA) is 77.3 Å². The van der Waals surface area contributed by atoms with E-state index in [9.17, 15) is 0 Å². The molecule has 0 saturated heterocycles. The summed E-state index contributed by atoms with van der Waals surface area (Å²) in [6.07, 6.45) is 3.67. The molecule has 0 spiro atoms. The van der Waals surface area contributed by atoms with Crippen molar-refractivity contribution >= 4 is 21.7 Å². The van der Waals surface area contributed by atoms with Crippen molar-refractivity contribution in [1.82, 2.24) is 29.9 Å². The van der Waals surface area contributed by atoms with E-state index < -0.39 is 0 Å². The Hall–Kier alpha value is -6.14. The molecule has 0 bridgehead atoms. The molecule has 0 aliphatic heterocycles. The first-order chi connectivity index (χ1) is 21.8. The highest BCUT2D eigenvalue weighted by Crippen LogP contribution is 2.33. The van der Waals surface area contributed by atoms with E-state index in [1.165, 1.54) is 5.39 Å². The molecule has 4 aromatic carbocycles. The summed E-state index contributed by atoms with van der Waals surface area (Å²) in [6, 6.07) is 44.5. The van der Waals surface area contributed by atoms with Gasteiger partial charge in [0.2, 0.25) is 0 Å². The van der Waals surface area contributed by atoms with Gasteiger partial charge in [-0.3, -0.25) is 9.97 Å².